The number of rotatable bonds is 7. The zero-order valence-corrected chi connectivity index (χ0v) is 12.9. The standard InChI is InChI=1S/C19H29N/c1-3-10-16(2)19(18-13-8-5-9-14-18)20-15-17-11-6-4-7-12-17/h4,6-7,11-12,18-20H,2-3,5,8-10,13-15H2,1H3. The van der Waals surface area contributed by atoms with Crippen molar-refractivity contribution in [1.82, 2.24) is 5.32 Å². The van der Waals surface area contributed by atoms with Crippen molar-refractivity contribution in [3.63, 3.8) is 0 Å². The molecule has 0 aromatic heterocycles. The van der Waals surface area contributed by atoms with E-state index < -0.39 is 0 Å². The Hall–Kier alpha value is -1.08. The number of nitrogens with one attached hydrogen (secondary N) is 1. The van der Waals surface area contributed by atoms with Crippen molar-refractivity contribution >= 4 is 0 Å². The molecule has 1 heteroatoms. The fourth-order valence-corrected chi connectivity index (χ4v) is 3.41. The molecule has 0 heterocycles. The van der Waals surface area contributed by atoms with E-state index in [1.54, 1.807) is 0 Å². The molecule has 1 aromatic carbocycles. The van der Waals surface area contributed by atoms with Gasteiger partial charge >= 0.3 is 0 Å². The lowest BCUT2D eigenvalue weighted by molar-refractivity contribution is 0.288. The predicted octanol–water partition coefficient (Wildman–Crippen LogP) is 5.08. The normalized spacial score (nSPS) is 17.9. The molecule has 0 aliphatic heterocycles. The van der Waals surface area contributed by atoms with Crippen LogP contribution in [-0.4, -0.2) is 6.04 Å². The van der Waals surface area contributed by atoms with E-state index in [-0.39, 0.29) is 0 Å². The Bertz CT molecular complexity index is 389. The van der Waals surface area contributed by atoms with Crippen molar-refractivity contribution in [3.8, 4) is 0 Å². The lowest BCUT2D eigenvalue weighted by Crippen LogP contribution is -2.38. The lowest BCUT2D eigenvalue weighted by Gasteiger charge is -2.32. The molecule has 0 amide bonds. The zero-order chi connectivity index (χ0) is 14.2. The van der Waals surface area contributed by atoms with E-state index in [9.17, 15) is 0 Å². The molecular formula is C19H29N. The molecule has 20 heavy (non-hydrogen) atoms. The van der Waals surface area contributed by atoms with Crippen molar-refractivity contribution < 1.29 is 0 Å². The average molecular weight is 271 g/mol. The van der Waals surface area contributed by atoms with Gasteiger partial charge in [-0.05, 0) is 30.7 Å². The second-order valence-corrected chi connectivity index (χ2v) is 6.15. The van der Waals surface area contributed by atoms with Crippen LogP contribution in [0.4, 0.5) is 0 Å². The van der Waals surface area contributed by atoms with Gasteiger partial charge in [-0.2, -0.15) is 0 Å². The number of hydrogen-bond donors (Lipinski definition) is 1. The van der Waals surface area contributed by atoms with Crippen LogP contribution in [0.25, 0.3) is 0 Å². The quantitative estimate of drug-likeness (QED) is 0.682. The maximum Gasteiger partial charge on any atom is 0.0308 e. The molecule has 0 saturated heterocycles. The minimum absolute atomic E-state index is 0.510. The largest absolute Gasteiger partial charge is 0.306 e. The minimum Gasteiger partial charge on any atom is -0.306 e. The molecule has 110 valence electrons. The van der Waals surface area contributed by atoms with E-state index >= 15 is 0 Å². The van der Waals surface area contributed by atoms with Gasteiger partial charge in [0.05, 0.1) is 0 Å². The molecule has 2 rings (SSSR count). The Morgan fingerprint density at radius 1 is 1.20 bits per heavy atom. The van der Waals surface area contributed by atoms with Crippen LogP contribution in [0.1, 0.15) is 57.4 Å². The van der Waals surface area contributed by atoms with Crippen molar-refractivity contribution in [3.05, 3.63) is 48.0 Å². The molecule has 1 saturated carbocycles. The van der Waals surface area contributed by atoms with Crippen molar-refractivity contribution in [2.24, 2.45) is 5.92 Å². The SMILES string of the molecule is C=C(CCC)C(NCc1ccccc1)C1CCCCC1. The summed E-state index contributed by atoms with van der Waals surface area (Å²) in [6, 6.07) is 11.2. The summed E-state index contributed by atoms with van der Waals surface area (Å²) in [4.78, 5) is 0. The second-order valence-electron chi connectivity index (χ2n) is 6.15. The van der Waals surface area contributed by atoms with Crippen molar-refractivity contribution in [2.75, 3.05) is 0 Å². The van der Waals surface area contributed by atoms with Gasteiger partial charge in [-0.1, -0.05) is 75.1 Å². The van der Waals surface area contributed by atoms with Gasteiger partial charge in [-0.25, -0.2) is 0 Å². The molecule has 1 aliphatic rings. The topological polar surface area (TPSA) is 12.0 Å². The molecule has 0 spiro atoms. The summed E-state index contributed by atoms with van der Waals surface area (Å²) < 4.78 is 0. The van der Waals surface area contributed by atoms with Gasteiger partial charge in [0.25, 0.3) is 0 Å². The van der Waals surface area contributed by atoms with Crippen molar-refractivity contribution in [1.29, 1.82) is 0 Å². The third-order valence-corrected chi connectivity index (χ3v) is 4.50. The van der Waals surface area contributed by atoms with Gasteiger partial charge in [-0.15, -0.1) is 0 Å². The molecule has 0 bridgehead atoms. The van der Waals surface area contributed by atoms with Gasteiger partial charge in [0.2, 0.25) is 0 Å². The third-order valence-electron chi connectivity index (χ3n) is 4.50. The fraction of sp³-hybridized carbons (Fsp3) is 0.579. The predicted molar refractivity (Wildman–Crippen MR) is 87.7 cm³/mol. The summed E-state index contributed by atoms with van der Waals surface area (Å²) in [6.45, 7) is 7.58. The van der Waals surface area contributed by atoms with Crippen LogP contribution in [0.5, 0.6) is 0 Å². The Labute approximate surface area is 124 Å². The molecule has 1 fully saturated rings. The number of benzene rings is 1. The number of hydrogen-bond acceptors (Lipinski definition) is 1. The molecular weight excluding hydrogens is 242 g/mol. The summed E-state index contributed by atoms with van der Waals surface area (Å²) in [6.07, 6.45) is 9.31. The highest BCUT2D eigenvalue weighted by Crippen LogP contribution is 2.30. The fourth-order valence-electron chi connectivity index (χ4n) is 3.41. The van der Waals surface area contributed by atoms with Gasteiger partial charge in [0.15, 0.2) is 0 Å². The van der Waals surface area contributed by atoms with E-state index in [0.717, 1.165) is 18.9 Å². The van der Waals surface area contributed by atoms with Crippen molar-refractivity contribution in [2.45, 2.75) is 64.5 Å². The first kappa shape index (κ1) is 15.3. The first-order valence-electron chi connectivity index (χ1n) is 8.26. The summed E-state index contributed by atoms with van der Waals surface area (Å²) in [5, 5.41) is 3.79. The van der Waals surface area contributed by atoms with Gasteiger partial charge < -0.3 is 5.32 Å². The van der Waals surface area contributed by atoms with E-state index in [1.165, 1.54) is 49.7 Å². The molecule has 1 nitrogen and oxygen atoms in total. The molecule has 0 radical (unpaired) electrons. The first-order chi connectivity index (χ1) is 9.81. The first-order valence-corrected chi connectivity index (χ1v) is 8.26. The maximum absolute atomic E-state index is 4.37. The summed E-state index contributed by atoms with van der Waals surface area (Å²) in [5.74, 6) is 0.798. The van der Waals surface area contributed by atoms with Crippen LogP contribution in [-0.2, 0) is 6.54 Å². The zero-order valence-electron chi connectivity index (χ0n) is 12.9. The van der Waals surface area contributed by atoms with Crippen LogP contribution in [0, 0.1) is 5.92 Å². The van der Waals surface area contributed by atoms with Crippen LogP contribution < -0.4 is 5.32 Å². The van der Waals surface area contributed by atoms with Gasteiger partial charge in [-0.3, -0.25) is 0 Å². The molecule has 1 atom stereocenters. The highest BCUT2D eigenvalue weighted by Gasteiger charge is 2.24. The van der Waals surface area contributed by atoms with Gasteiger partial charge in [0, 0.05) is 12.6 Å². The second kappa shape index (κ2) is 8.26. The van der Waals surface area contributed by atoms with Crippen LogP contribution >= 0.6 is 0 Å². The Morgan fingerprint density at radius 3 is 2.55 bits per heavy atom. The summed E-state index contributed by atoms with van der Waals surface area (Å²) in [5.41, 5.74) is 2.79. The Balaban J connectivity index is 1.96. The lowest BCUT2D eigenvalue weighted by atomic mass is 9.80. The minimum atomic E-state index is 0.510. The summed E-state index contributed by atoms with van der Waals surface area (Å²) in [7, 11) is 0. The van der Waals surface area contributed by atoms with E-state index in [1.807, 2.05) is 0 Å². The molecule has 1 aromatic rings. The van der Waals surface area contributed by atoms with E-state index in [0.29, 0.717) is 6.04 Å². The van der Waals surface area contributed by atoms with E-state index in [4.69, 9.17) is 0 Å². The molecule has 1 unspecified atom stereocenters. The highest BCUT2D eigenvalue weighted by atomic mass is 14.9. The van der Waals surface area contributed by atoms with Crippen LogP contribution in [0.15, 0.2) is 42.5 Å². The molecule has 1 aliphatic carbocycles. The van der Waals surface area contributed by atoms with Crippen LogP contribution in [0.2, 0.25) is 0 Å². The smallest absolute Gasteiger partial charge is 0.0308 e. The van der Waals surface area contributed by atoms with Gasteiger partial charge in [0.1, 0.15) is 0 Å². The highest BCUT2D eigenvalue weighted by molar-refractivity contribution is 5.16. The Kier molecular flexibility index (Phi) is 6.32. The van der Waals surface area contributed by atoms with Crippen LogP contribution in [0.3, 0.4) is 0 Å². The monoisotopic (exact) mass is 271 g/mol. The molecule has 1 N–H and O–H groups in total. The van der Waals surface area contributed by atoms with E-state index in [2.05, 4.69) is 49.2 Å². The maximum atomic E-state index is 4.37. The third kappa shape index (κ3) is 4.49. The average Bonchev–Trinajstić information content (AvgIpc) is 2.50. The Morgan fingerprint density at radius 2 is 1.90 bits per heavy atom. The summed E-state index contributed by atoms with van der Waals surface area (Å²) >= 11 is 0.